The first-order valence-corrected chi connectivity index (χ1v) is 11.8. The number of nitrogens with one attached hydrogen (secondary N) is 1. The quantitative estimate of drug-likeness (QED) is 0.320. The predicted octanol–water partition coefficient (Wildman–Crippen LogP) is 5.75. The van der Waals surface area contributed by atoms with Crippen molar-refractivity contribution in [2.75, 3.05) is 11.9 Å². The van der Waals surface area contributed by atoms with E-state index in [0.717, 1.165) is 23.1 Å². The van der Waals surface area contributed by atoms with Gasteiger partial charge in [0.15, 0.2) is 0 Å². The first-order chi connectivity index (χ1) is 16.9. The molecule has 0 bridgehead atoms. The molecule has 1 aliphatic carbocycles. The highest BCUT2D eigenvalue weighted by molar-refractivity contribution is 6.38. The molecule has 3 aromatic carbocycles. The number of aryl methyl sites for hydroxylation is 2. The number of halogens is 2. The van der Waals surface area contributed by atoms with Crippen LogP contribution in [0.15, 0.2) is 48.5 Å². The van der Waals surface area contributed by atoms with Crippen molar-refractivity contribution in [2.45, 2.75) is 39.0 Å². The van der Waals surface area contributed by atoms with Crippen molar-refractivity contribution in [3.8, 4) is 17.2 Å². The number of phenolic OH excluding ortho intramolecular Hbond substituents is 1. The lowest BCUT2D eigenvalue weighted by Crippen LogP contribution is -2.25. The summed E-state index contributed by atoms with van der Waals surface area (Å²) in [7, 11) is 0. The van der Waals surface area contributed by atoms with Gasteiger partial charge in [0.2, 0.25) is 0 Å². The second-order valence-corrected chi connectivity index (χ2v) is 8.65. The van der Waals surface area contributed by atoms with Crippen LogP contribution in [0.3, 0.4) is 0 Å². The molecule has 4 rings (SSSR count). The third kappa shape index (κ3) is 5.74. The second-order valence-electron chi connectivity index (χ2n) is 8.24. The number of hydrogen-bond donors (Lipinski definition) is 2. The number of ether oxygens (including phenoxy) is 2. The average Bonchev–Trinajstić information content (AvgIpc) is 3.33. The lowest BCUT2D eigenvalue weighted by Gasteiger charge is -2.17. The predicted molar refractivity (Wildman–Crippen MR) is 131 cm³/mol. The van der Waals surface area contributed by atoms with Crippen LogP contribution in [0, 0.1) is 5.82 Å². The van der Waals surface area contributed by atoms with Crippen molar-refractivity contribution in [3.05, 3.63) is 81.6 Å². The van der Waals surface area contributed by atoms with Gasteiger partial charge in [0.05, 0.1) is 11.6 Å². The molecular formula is C27H25ClFNO5. The summed E-state index contributed by atoms with van der Waals surface area (Å²) in [5.74, 6) is -0.946. The van der Waals surface area contributed by atoms with E-state index in [-0.39, 0.29) is 18.2 Å². The largest absolute Gasteiger partial charge is 0.508 e. The van der Waals surface area contributed by atoms with Gasteiger partial charge in [-0.3, -0.25) is 4.79 Å². The lowest BCUT2D eigenvalue weighted by molar-refractivity contribution is -0.152. The van der Waals surface area contributed by atoms with E-state index < -0.39 is 11.9 Å². The molecule has 0 unspecified atom stereocenters. The normalized spacial score (nSPS) is 12.2. The summed E-state index contributed by atoms with van der Waals surface area (Å²) in [6, 6.07) is 12.8. The van der Waals surface area contributed by atoms with Crippen LogP contribution >= 0.6 is 11.6 Å². The van der Waals surface area contributed by atoms with Crippen LogP contribution in [-0.4, -0.2) is 23.6 Å². The van der Waals surface area contributed by atoms with E-state index in [1.54, 1.807) is 43.3 Å². The van der Waals surface area contributed by atoms with Crippen LogP contribution in [0.4, 0.5) is 10.1 Å². The molecule has 0 fully saturated rings. The zero-order valence-electron chi connectivity index (χ0n) is 19.2. The second kappa shape index (κ2) is 10.8. The molecule has 182 valence electrons. The van der Waals surface area contributed by atoms with E-state index in [0.29, 0.717) is 53.5 Å². The van der Waals surface area contributed by atoms with Crippen molar-refractivity contribution in [1.29, 1.82) is 0 Å². The van der Waals surface area contributed by atoms with Gasteiger partial charge in [0.25, 0.3) is 0 Å². The molecule has 0 aliphatic heterocycles. The first-order valence-electron chi connectivity index (χ1n) is 11.4. The van der Waals surface area contributed by atoms with Gasteiger partial charge in [0.1, 0.15) is 23.1 Å². The van der Waals surface area contributed by atoms with Crippen molar-refractivity contribution in [2.24, 2.45) is 0 Å². The Morgan fingerprint density at radius 1 is 1.06 bits per heavy atom. The van der Waals surface area contributed by atoms with Crippen LogP contribution in [-0.2, 0) is 40.0 Å². The molecule has 0 atom stereocenters. The Balaban J connectivity index is 1.54. The minimum absolute atomic E-state index is 0.108. The number of anilines is 1. The lowest BCUT2D eigenvalue weighted by atomic mass is 10.0. The van der Waals surface area contributed by atoms with Crippen molar-refractivity contribution >= 4 is 29.2 Å². The molecule has 6 nitrogen and oxygen atoms in total. The summed E-state index contributed by atoms with van der Waals surface area (Å²) in [6.45, 7) is 1.74. The number of amides is 1. The number of carbonyl (C=O) groups is 2. The molecule has 0 saturated heterocycles. The molecule has 0 heterocycles. The van der Waals surface area contributed by atoms with Crippen LogP contribution in [0.5, 0.6) is 17.2 Å². The highest BCUT2D eigenvalue weighted by atomic mass is 35.5. The smallest absolute Gasteiger partial charge is 0.397 e. The SMILES string of the molecule is CCOC(=O)C(=O)Nc1cc(Cl)c(Oc2ccc(O)c(CCc3ccc(F)cc3)c2)c2c1CCC2. The fourth-order valence-corrected chi connectivity index (χ4v) is 4.44. The number of benzene rings is 3. The Morgan fingerprint density at radius 2 is 1.80 bits per heavy atom. The number of rotatable bonds is 7. The molecule has 0 saturated carbocycles. The summed E-state index contributed by atoms with van der Waals surface area (Å²) in [5, 5.41) is 13.2. The third-order valence-corrected chi connectivity index (χ3v) is 6.16. The van der Waals surface area contributed by atoms with Gasteiger partial charge in [-0.15, -0.1) is 0 Å². The van der Waals surface area contributed by atoms with Crippen molar-refractivity contribution in [1.82, 2.24) is 0 Å². The standard InChI is InChI=1S/C27H25ClFNO5/c1-2-34-27(33)26(32)30-23-15-22(28)25(21-5-3-4-20(21)23)35-19-12-13-24(31)17(14-19)9-6-16-7-10-18(29)11-8-16/h7-8,10-15,31H,2-6,9H2,1H3,(H,30,32). The number of esters is 1. The summed E-state index contributed by atoms with van der Waals surface area (Å²) >= 11 is 6.54. The van der Waals surface area contributed by atoms with Gasteiger partial charge in [-0.05, 0) is 92.1 Å². The molecule has 2 N–H and O–H groups in total. The van der Waals surface area contributed by atoms with Crippen molar-refractivity contribution in [3.63, 3.8) is 0 Å². The Hall–Kier alpha value is -3.58. The molecule has 1 amide bonds. The van der Waals surface area contributed by atoms with Gasteiger partial charge < -0.3 is 19.9 Å². The zero-order chi connectivity index (χ0) is 24.9. The molecule has 35 heavy (non-hydrogen) atoms. The molecule has 0 spiro atoms. The topological polar surface area (TPSA) is 84.9 Å². The maximum absolute atomic E-state index is 13.1. The number of phenols is 1. The monoisotopic (exact) mass is 497 g/mol. The molecule has 0 aromatic heterocycles. The minimum atomic E-state index is -0.951. The van der Waals surface area contributed by atoms with E-state index in [9.17, 15) is 19.1 Å². The molecular weight excluding hydrogens is 473 g/mol. The van der Waals surface area contributed by atoms with Crippen LogP contribution in [0.2, 0.25) is 5.02 Å². The summed E-state index contributed by atoms with van der Waals surface area (Å²) in [4.78, 5) is 23.9. The number of hydrogen-bond acceptors (Lipinski definition) is 5. The van der Waals surface area contributed by atoms with E-state index in [2.05, 4.69) is 5.32 Å². The van der Waals surface area contributed by atoms with Crippen molar-refractivity contribution < 1.29 is 28.6 Å². The molecule has 3 aromatic rings. The number of carbonyl (C=O) groups excluding carboxylic acids is 2. The Kier molecular flexibility index (Phi) is 7.56. The maximum Gasteiger partial charge on any atom is 0.397 e. The van der Waals surface area contributed by atoms with Crippen LogP contribution in [0.1, 0.15) is 35.6 Å². The van der Waals surface area contributed by atoms with Crippen LogP contribution < -0.4 is 10.1 Å². The summed E-state index contributed by atoms with van der Waals surface area (Å²) in [5.41, 5.74) is 3.87. The van der Waals surface area contributed by atoms with E-state index in [1.165, 1.54) is 12.1 Å². The van der Waals surface area contributed by atoms with Crippen LogP contribution in [0.25, 0.3) is 0 Å². The third-order valence-electron chi connectivity index (χ3n) is 5.88. The highest BCUT2D eigenvalue weighted by Gasteiger charge is 2.26. The first kappa shape index (κ1) is 24.5. The van der Waals surface area contributed by atoms with E-state index in [4.69, 9.17) is 21.1 Å². The number of aromatic hydroxyl groups is 1. The highest BCUT2D eigenvalue weighted by Crippen LogP contribution is 2.43. The zero-order valence-corrected chi connectivity index (χ0v) is 20.0. The van der Waals surface area contributed by atoms with E-state index >= 15 is 0 Å². The fourth-order valence-electron chi connectivity index (χ4n) is 4.18. The Labute approximate surface area is 207 Å². The maximum atomic E-state index is 13.1. The summed E-state index contributed by atoms with van der Waals surface area (Å²) < 4.78 is 24.1. The molecule has 0 radical (unpaired) electrons. The van der Waals surface area contributed by atoms with Gasteiger partial charge in [-0.1, -0.05) is 23.7 Å². The summed E-state index contributed by atoms with van der Waals surface area (Å²) in [6.07, 6.45) is 3.44. The Morgan fingerprint density at radius 3 is 2.54 bits per heavy atom. The van der Waals surface area contributed by atoms with Gasteiger partial charge in [-0.2, -0.15) is 0 Å². The minimum Gasteiger partial charge on any atom is -0.508 e. The molecule has 1 aliphatic rings. The van der Waals surface area contributed by atoms with Gasteiger partial charge >= 0.3 is 11.9 Å². The number of fused-ring (bicyclic) bond motifs is 1. The van der Waals surface area contributed by atoms with Gasteiger partial charge in [-0.25, -0.2) is 9.18 Å². The van der Waals surface area contributed by atoms with Gasteiger partial charge in [0, 0.05) is 11.3 Å². The molecule has 8 heteroatoms. The fraction of sp³-hybridized carbons (Fsp3) is 0.259. The van der Waals surface area contributed by atoms with E-state index in [1.807, 2.05) is 0 Å². The average molecular weight is 498 g/mol. The Bertz CT molecular complexity index is 1260.